The van der Waals surface area contributed by atoms with E-state index in [9.17, 15) is 50.3 Å². The molecule has 6 aromatic rings. The second-order valence-corrected chi connectivity index (χ2v) is 27.2. The van der Waals surface area contributed by atoms with Crippen LogP contribution < -0.4 is 10.6 Å². The number of rotatable bonds is 26. The zero-order valence-corrected chi connectivity index (χ0v) is 61.3. The zero-order valence-electron chi connectivity index (χ0n) is 57.3. The Kier molecular flexibility index (Phi) is 30.1. The Morgan fingerprint density at radius 1 is 0.637 bits per heavy atom. The van der Waals surface area contributed by atoms with Gasteiger partial charge in [0, 0.05) is 114 Å². The maximum Gasteiger partial charge on any atom is 0.416 e. The van der Waals surface area contributed by atoms with E-state index in [1.807, 2.05) is 85.9 Å². The molecule has 0 bridgehead atoms. The Morgan fingerprint density at radius 3 is 1.96 bits per heavy atom. The average molecular weight is 1520 g/mol. The number of morpholine rings is 1. The van der Waals surface area contributed by atoms with Gasteiger partial charge in [0.05, 0.1) is 46.1 Å². The molecule has 16 nitrogen and oxygen atoms in total. The van der Waals surface area contributed by atoms with Crippen molar-refractivity contribution >= 4 is 102 Å². The topological polar surface area (TPSA) is 157 Å². The molecule has 5 amide bonds. The van der Waals surface area contributed by atoms with Crippen molar-refractivity contribution in [3.05, 3.63) is 189 Å². The van der Waals surface area contributed by atoms with E-state index < -0.39 is 52.1 Å². The molecule has 0 aromatic heterocycles. The molecule has 3 heterocycles. The van der Waals surface area contributed by atoms with Crippen molar-refractivity contribution < 1.29 is 64.5 Å². The number of nitrogens with one attached hydrogen (secondary N) is 2. The Labute approximate surface area is 621 Å². The molecule has 6 aromatic carbocycles. The highest BCUT2D eigenvalue weighted by atomic mass is 35.5. The monoisotopic (exact) mass is 1520 g/mol. The highest BCUT2D eigenvalue weighted by Crippen LogP contribution is 2.49. The van der Waals surface area contributed by atoms with Gasteiger partial charge in [0.1, 0.15) is 18.3 Å². The van der Waals surface area contributed by atoms with E-state index in [1.165, 1.54) is 10.5 Å². The third-order valence-electron chi connectivity index (χ3n) is 19.8. The van der Waals surface area contributed by atoms with Crippen molar-refractivity contribution in [2.45, 2.75) is 106 Å². The van der Waals surface area contributed by atoms with Crippen molar-refractivity contribution in [3.8, 4) is 11.1 Å². The summed E-state index contributed by atoms with van der Waals surface area (Å²) in [4.78, 5) is 77.9. The number of carbonyl (C=O) groups excluding carboxylic acids is 5. The standard InChI is InChI=1S/C75H86Cl2F6N8O8.3ClH/c1-86(34-14-35-88(3)69(94)53-22-25-59(26-23-53)84-33-13-5-8-21-67(92)87(2)41-42-89-36-28-60(29-37-89)99-71(96)85-65-20-12-10-18-61(65)52-15-6-4-7-16-52)68(93)50-97-66-47-54-17-9-11-19-62(54)72(66)30-38-90(39-31-72)40-32-73(56-24-27-63(76)64(77)49-56)51-91(43-44-98-73)70(95)55-45-57(74(78,79)80)48-58(46-55)75(81,82)83;;;/h4,6-7,9-12,15-20,22-27,45-46,48-49,60,66,84H,5,8,13-14,21,28-44,47,50-51H2,1-3H3,(H,85,96);3*1H/t66-,73+;;;/m0.../s1. The number of hydrogen-bond acceptors (Lipinski definition) is 11. The highest BCUT2D eigenvalue weighted by Gasteiger charge is 2.50. The van der Waals surface area contributed by atoms with Crippen LogP contribution in [0.1, 0.15) is 113 Å². The number of likely N-dealkylation sites (tertiary alicyclic amines) is 2. The van der Waals surface area contributed by atoms with Crippen molar-refractivity contribution in [1.82, 2.24) is 29.4 Å². The molecule has 2 atom stereocenters. The molecule has 1 spiro atoms. The number of anilines is 2. The van der Waals surface area contributed by atoms with E-state index in [2.05, 4.69) is 32.6 Å². The normalized spacial score (nSPS) is 17.6. The number of alkyl halides is 6. The maximum atomic E-state index is 14.0. The predicted octanol–water partition coefficient (Wildman–Crippen LogP) is 15.5. The predicted molar refractivity (Wildman–Crippen MR) is 392 cm³/mol. The molecule has 27 heteroatoms. The summed E-state index contributed by atoms with van der Waals surface area (Å²) in [6.07, 6.45) is -3.94. The molecule has 0 saturated carbocycles. The van der Waals surface area contributed by atoms with E-state index >= 15 is 0 Å². The van der Waals surface area contributed by atoms with Crippen LogP contribution in [-0.4, -0.2) is 184 Å². The fourth-order valence-corrected chi connectivity index (χ4v) is 14.3. The average Bonchev–Trinajstić information content (AvgIpc) is 1.53. The molecule has 2 N–H and O–H groups in total. The van der Waals surface area contributed by atoms with Crippen LogP contribution in [0.4, 0.5) is 42.5 Å². The highest BCUT2D eigenvalue weighted by molar-refractivity contribution is 6.42. The Balaban J connectivity index is 0.00000486. The summed E-state index contributed by atoms with van der Waals surface area (Å²) in [5.41, 5.74) is 1.35. The van der Waals surface area contributed by atoms with Gasteiger partial charge < -0.3 is 48.9 Å². The van der Waals surface area contributed by atoms with Crippen molar-refractivity contribution in [1.29, 1.82) is 0 Å². The van der Waals surface area contributed by atoms with E-state index in [0.29, 0.717) is 100 Å². The van der Waals surface area contributed by atoms with Gasteiger partial charge in [-0.2, -0.15) is 26.3 Å². The molecular weight excluding hydrogens is 1430 g/mol. The summed E-state index contributed by atoms with van der Waals surface area (Å²) in [6, 6.07) is 38.9. The summed E-state index contributed by atoms with van der Waals surface area (Å²) in [6.45, 7) is 5.68. The van der Waals surface area contributed by atoms with E-state index in [-0.39, 0.29) is 116 Å². The molecule has 3 fully saturated rings. The number of nitrogens with zero attached hydrogens (tertiary/aromatic N) is 6. The van der Waals surface area contributed by atoms with Crippen molar-refractivity contribution in [3.63, 3.8) is 0 Å². The lowest BCUT2D eigenvalue weighted by molar-refractivity contribution is -0.143. The first kappa shape index (κ1) is 82.4. The number of likely N-dealkylation sites (N-methyl/N-ethyl adjacent to an activating group) is 2. The Morgan fingerprint density at radius 2 is 1.27 bits per heavy atom. The van der Waals surface area contributed by atoms with Crippen LogP contribution in [0.25, 0.3) is 11.1 Å². The number of ether oxygens (including phenoxy) is 3. The van der Waals surface area contributed by atoms with Gasteiger partial charge in [-0.3, -0.25) is 24.5 Å². The molecule has 10 rings (SSSR count). The van der Waals surface area contributed by atoms with E-state index in [1.54, 1.807) is 59.1 Å². The van der Waals surface area contributed by atoms with Gasteiger partial charge in [-0.15, -0.1) is 37.2 Å². The molecule has 0 unspecified atom stereocenters. The van der Waals surface area contributed by atoms with E-state index in [0.717, 1.165) is 80.7 Å². The molecule has 1 aliphatic carbocycles. The van der Waals surface area contributed by atoms with E-state index in [4.69, 9.17) is 37.4 Å². The van der Waals surface area contributed by atoms with Gasteiger partial charge >= 0.3 is 18.4 Å². The summed E-state index contributed by atoms with van der Waals surface area (Å²) in [5.74, 6) is -1.21. The summed E-state index contributed by atoms with van der Waals surface area (Å²) in [7, 11) is 5.32. The zero-order chi connectivity index (χ0) is 70.5. The smallest absolute Gasteiger partial charge is 0.416 e. The first-order chi connectivity index (χ1) is 47.4. The summed E-state index contributed by atoms with van der Waals surface area (Å²) in [5, 5.41) is 6.81. The minimum Gasteiger partial charge on any atom is -0.446 e. The third-order valence-corrected chi connectivity index (χ3v) is 20.6. The quantitative estimate of drug-likeness (QED) is 0.0394. The van der Waals surface area contributed by atoms with Gasteiger partial charge in [0.25, 0.3) is 11.8 Å². The number of unbranched alkanes of at least 4 members (excludes halogenated alkanes) is 2. The van der Waals surface area contributed by atoms with Crippen LogP contribution in [0.5, 0.6) is 0 Å². The number of piperidine rings is 2. The van der Waals surface area contributed by atoms with Crippen LogP contribution >= 0.6 is 60.4 Å². The fraction of sp³-hybridized carbons (Fsp3) is 0.453. The lowest BCUT2D eigenvalue weighted by Crippen LogP contribution is -2.54. The number of fused-ring (bicyclic) bond motifs is 2. The van der Waals surface area contributed by atoms with Crippen LogP contribution in [0.2, 0.25) is 10.0 Å². The second kappa shape index (κ2) is 37.2. The summed E-state index contributed by atoms with van der Waals surface area (Å²) < 4.78 is 102. The van der Waals surface area contributed by atoms with Gasteiger partial charge in [-0.1, -0.05) is 108 Å². The minimum absolute atomic E-state index is 0. The van der Waals surface area contributed by atoms with Crippen molar-refractivity contribution in [2.75, 3.05) is 124 Å². The first-order valence-electron chi connectivity index (χ1n) is 33.9. The molecule has 4 aliphatic rings. The van der Waals surface area contributed by atoms with Gasteiger partial charge in [-0.05, 0) is 154 Å². The molecule has 3 saturated heterocycles. The maximum absolute atomic E-state index is 14.0. The Bertz CT molecular complexity index is 3740. The molecule has 0 radical (unpaired) electrons. The summed E-state index contributed by atoms with van der Waals surface area (Å²) >= 11 is 12.8. The van der Waals surface area contributed by atoms with Gasteiger partial charge in [0.15, 0.2) is 0 Å². The van der Waals surface area contributed by atoms with Crippen LogP contribution in [0, 0.1) is 0 Å². The largest absolute Gasteiger partial charge is 0.446 e. The minimum atomic E-state index is -5.14. The third kappa shape index (κ3) is 21.2. The van der Waals surface area contributed by atoms with Crippen LogP contribution in [0.3, 0.4) is 0 Å². The van der Waals surface area contributed by atoms with Crippen molar-refractivity contribution in [2.24, 2.45) is 0 Å². The second-order valence-electron chi connectivity index (χ2n) is 26.4. The molecule has 102 heavy (non-hydrogen) atoms. The lowest BCUT2D eigenvalue weighted by Gasteiger charge is -2.46. The van der Waals surface area contributed by atoms with Crippen LogP contribution in [0.15, 0.2) is 140 Å². The molecule has 554 valence electrons. The number of benzene rings is 6. The first-order valence-corrected chi connectivity index (χ1v) is 34.7. The Hall–Kier alpha value is -6.86. The van der Waals surface area contributed by atoms with Gasteiger partial charge in [-0.25, -0.2) is 4.79 Å². The number of halogens is 11. The van der Waals surface area contributed by atoms with Crippen LogP contribution in [-0.2, 0) is 53.6 Å². The number of amides is 5. The lowest BCUT2D eigenvalue weighted by atomic mass is 9.72. The number of hydrogen-bond donors (Lipinski definition) is 2. The fourth-order valence-electron chi connectivity index (χ4n) is 14.0. The molecular formula is C75H89Cl5F6N8O8. The molecule has 3 aliphatic heterocycles. The van der Waals surface area contributed by atoms with Gasteiger partial charge in [0.2, 0.25) is 11.8 Å². The SMILES string of the molecule is CN(CCN1CCC(OC(=O)Nc2ccccc2-c2ccccc2)CC1)C(=O)CCCCCNc1ccc(C(=O)N(C)CCCN(C)C(=O)CO[C@H]2Cc3ccccc3C23CCN(CC[C@]2(c4ccc(Cl)c(Cl)c4)CN(C(=O)c4cc(C(F)(F)F)cc(C(F)(F)F)c4)CCO2)CC3)cc1.Cl.Cl.Cl. The number of para-hydroxylation sites is 1. The number of carbonyl (C=O) groups is 5.